The van der Waals surface area contributed by atoms with Gasteiger partial charge in [-0.1, -0.05) is 12.1 Å². The van der Waals surface area contributed by atoms with Crippen LogP contribution in [-0.4, -0.2) is 35.2 Å². The summed E-state index contributed by atoms with van der Waals surface area (Å²) < 4.78 is 0. The Labute approximate surface area is 98.2 Å². The van der Waals surface area contributed by atoms with E-state index < -0.39 is 5.91 Å². The van der Waals surface area contributed by atoms with Crippen molar-refractivity contribution in [3.63, 3.8) is 0 Å². The van der Waals surface area contributed by atoms with Gasteiger partial charge in [0, 0.05) is 18.6 Å². The number of benzene rings is 1. The third-order valence-corrected chi connectivity index (χ3v) is 2.54. The van der Waals surface area contributed by atoms with Gasteiger partial charge in [0.15, 0.2) is 5.75 Å². The van der Waals surface area contributed by atoms with E-state index >= 15 is 0 Å². The number of hydrogen-bond donors (Lipinski definition) is 1. The van der Waals surface area contributed by atoms with E-state index in [0.717, 1.165) is 10.4 Å². The number of aromatic nitrogens is 1. The van der Waals surface area contributed by atoms with Crippen molar-refractivity contribution < 1.29 is 14.7 Å². The summed E-state index contributed by atoms with van der Waals surface area (Å²) >= 11 is 0. The molecule has 0 radical (unpaired) electrons. The van der Waals surface area contributed by atoms with Gasteiger partial charge in [0.05, 0.1) is 12.7 Å². The lowest BCUT2D eigenvalue weighted by molar-refractivity contribution is -0.0758. The standard InChI is InChI=1S/C12H12N2O3/c1-14(17-2)12(16)9-6-5-8-4-3-7-13-10(8)11(9)15/h3-7,15H,1-2H3. The average Bonchev–Trinajstić information content (AvgIpc) is 2.38. The maximum atomic E-state index is 11.9. The van der Waals surface area contributed by atoms with Crippen LogP contribution >= 0.6 is 0 Å². The van der Waals surface area contributed by atoms with Gasteiger partial charge in [0.2, 0.25) is 0 Å². The fourth-order valence-corrected chi connectivity index (χ4v) is 1.55. The molecule has 0 saturated carbocycles. The number of amides is 1. The summed E-state index contributed by atoms with van der Waals surface area (Å²) in [6.45, 7) is 0. The van der Waals surface area contributed by atoms with Gasteiger partial charge in [-0.2, -0.15) is 0 Å². The Morgan fingerprint density at radius 1 is 1.41 bits per heavy atom. The third kappa shape index (κ3) is 1.92. The van der Waals surface area contributed by atoms with Crippen LogP contribution in [0.5, 0.6) is 5.75 Å². The highest BCUT2D eigenvalue weighted by molar-refractivity contribution is 6.01. The van der Waals surface area contributed by atoms with Crippen LogP contribution in [0.3, 0.4) is 0 Å². The molecule has 1 aromatic carbocycles. The van der Waals surface area contributed by atoms with Gasteiger partial charge < -0.3 is 5.11 Å². The number of hydroxylamine groups is 2. The molecule has 0 atom stereocenters. The van der Waals surface area contributed by atoms with Crippen LogP contribution in [0.2, 0.25) is 0 Å². The smallest absolute Gasteiger partial charge is 0.280 e. The van der Waals surface area contributed by atoms with E-state index in [2.05, 4.69) is 4.98 Å². The zero-order valence-corrected chi connectivity index (χ0v) is 9.54. The minimum Gasteiger partial charge on any atom is -0.505 e. The number of fused-ring (bicyclic) bond motifs is 1. The molecule has 1 N–H and O–H groups in total. The number of carbonyl (C=O) groups excluding carboxylic acids is 1. The molecule has 5 heteroatoms. The molecule has 0 saturated heterocycles. The van der Waals surface area contributed by atoms with E-state index in [1.54, 1.807) is 24.4 Å². The fourth-order valence-electron chi connectivity index (χ4n) is 1.55. The van der Waals surface area contributed by atoms with Gasteiger partial charge in [-0.25, -0.2) is 5.06 Å². The molecular weight excluding hydrogens is 220 g/mol. The molecule has 0 aliphatic rings. The maximum absolute atomic E-state index is 11.9. The molecule has 5 nitrogen and oxygen atoms in total. The first-order valence-corrected chi connectivity index (χ1v) is 5.04. The maximum Gasteiger partial charge on any atom is 0.280 e. The first kappa shape index (κ1) is 11.3. The lowest BCUT2D eigenvalue weighted by Crippen LogP contribution is -2.25. The van der Waals surface area contributed by atoms with Crippen LogP contribution < -0.4 is 0 Å². The van der Waals surface area contributed by atoms with Crippen LogP contribution in [0.1, 0.15) is 10.4 Å². The number of rotatable bonds is 2. The van der Waals surface area contributed by atoms with E-state index in [1.807, 2.05) is 6.07 Å². The molecule has 1 amide bonds. The molecule has 17 heavy (non-hydrogen) atoms. The molecule has 2 rings (SSSR count). The topological polar surface area (TPSA) is 62.7 Å². The summed E-state index contributed by atoms with van der Waals surface area (Å²) in [6.07, 6.45) is 1.57. The van der Waals surface area contributed by atoms with E-state index in [9.17, 15) is 9.90 Å². The SMILES string of the molecule is CON(C)C(=O)c1ccc2cccnc2c1O. The summed E-state index contributed by atoms with van der Waals surface area (Å²) in [6, 6.07) is 6.87. The summed E-state index contributed by atoms with van der Waals surface area (Å²) in [4.78, 5) is 20.7. The Morgan fingerprint density at radius 3 is 2.88 bits per heavy atom. The lowest BCUT2D eigenvalue weighted by atomic mass is 10.1. The predicted molar refractivity (Wildman–Crippen MR) is 62.5 cm³/mol. The number of aromatic hydroxyl groups is 1. The monoisotopic (exact) mass is 232 g/mol. The van der Waals surface area contributed by atoms with Crippen LogP contribution in [0.15, 0.2) is 30.5 Å². The Hall–Kier alpha value is -2.14. The molecule has 1 aromatic heterocycles. The quantitative estimate of drug-likeness (QED) is 0.798. The number of nitrogens with zero attached hydrogens (tertiary/aromatic N) is 2. The van der Waals surface area contributed by atoms with Gasteiger partial charge in [0.25, 0.3) is 5.91 Å². The first-order chi connectivity index (χ1) is 8.15. The van der Waals surface area contributed by atoms with Crippen LogP contribution in [0.4, 0.5) is 0 Å². The van der Waals surface area contributed by atoms with Gasteiger partial charge in [-0.15, -0.1) is 0 Å². The van der Waals surface area contributed by atoms with Crippen molar-refractivity contribution >= 4 is 16.8 Å². The van der Waals surface area contributed by atoms with Crippen molar-refractivity contribution in [3.8, 4) is 5.75 Å². The number of pyridine rings is 1. The minimum absolute atomic E-state index is 0.128. The summed E-state index contributed by atoms with van der Waals surface area (Å²) in [7, 11) is 2.86. The Bertz CT molecular complexity index is 569. The highest BCUT2D eigenvalue weighted by Crippen LogP contribution is 2.27. The van der Waals surface area contributed by atoms with Gasteiger partial charge >= 0.3 is 0 Å². The normalized spacial score (nSPS) is 10.5. The van der Waals surface area contributed by atoms with Gasteiger partial charge in [0.1, 0.15) is 5.52 Å². The second kappa shape index (κ2) is 4.39. The van der Waals surface area contributed by atoms with E-state index in [4.69, 9.17) is 4.84 Å². The molecule has 0 aliphatic carbocycles. The molecule has 0 aliphatic heterocycles. The van der Waals surface area contributed by atoms with Crippen molar-refractivity contribution in [2.24, 2.45) is 0 Å². The molecule has 0 unspecified atom stereocenters. The van der Waals surface area contributed by atoms with Crippen LogP contribution in [0.25, 0.3) is 10.9 Å². The predicted octanol–water partition coefficient (Wildman–Crippen LogP) is 1.57. The van der Waals surface area contributed by atoms with Crippen molar-refractivity contribution in [1.29, 1.82) is 0 Å². The number of phenolic OH excluding ortho intramolecular Hbond substituents is 1. The second-order valence-corrected chi connectivity index (χ2v) is 3.52. The van der Waals surface area contributed by atoms with Gasteiger partial charge in [-0.05, 0) is 12.1 Å². The Morgan fingerprint density at radius 2 is 2.18 bits per heavy atom. The largest absolute Gasteiger partial charge is 0.505 e. The summed E-state index contributed by atoms with van der Waals surface area (Å²) in [5.74, 6) is -0.547. The molecular formula is C12H12N2O3. The zero-order chi connectivity index (χ0) is 12.4. The molecule has 1 heterocycles. The Kier molecular flexibility index (Phi) is 2.93. The van der Waals surface area contributed by atoms with Crippen LogP contribution in [0, 0.1) is 0 Å². The van der Waals surface area contributed by atoms with Gasteiger partial charge in [-0.3, -0.25) is 14.6 Å². The molecule has 0 fully saturated rings. The lowest BCUT2D eigenvalue weighted by Gasteiger charge is -2.14. The number of phenols is 1. The highest BCUT2D eigenvalue weighted by Gasteiger charge is 2.17. The van der Waals surface area contributed by atoms with Crippen molar-refractivity contribution in [1.82, 2.24) is 10.0 Å². The average molecular weight is 232 g/mol. The molecule has 88 valence electrons. The van der Waals surface area contributed by atoms with E-state index in [0.29, 0.717) is 5.52 Å². The minimum atomic E-state index is -0.419. The zero-order valence-electron chi connectivity index (χ0n) is 9.54. The third-order valence-electron chi connectivity index (χ3n) is 2.54. The van der Waals surface area contributed by atoms with E-state index in [1.165, 1.54) is 14.2 Å². The second-order valence-electron chi connectivity index (χ2n) is 3.52. The molecule has 2 aromatic rings. The highest BCUT2D eigenvalue weighted by atomic mass is 16.7. The number of carbonyl (C=O) groups is 1. The van der Waals surface area contributed by atoms with E-state index in [-0.39, 0.29) is 11.3 Å². The Balaban J connectivity index is 2.56. The molecule has 0 bridgehead atoms. The number of hydrogen-bond acceptors (Lipinski definition) is 4. The van der Waals surface area contributed by atoms with Crippen molar-refractivity contribution in [2.75, 3.05) is 14.2 Å². The molecule has 0 spiro atoms. The van der Waals surface area contributed by atoms with Crippen molar-refractivity contribution in [3.05, 3.63) is 36.0 Å². The summed E-state index contributed by atoms with van der Waals surface area (Å²) in [5.41, 5.74) is 0.573. The fraction of sp³-hybridized carbons (Fsp3) is 0.167. The first-order valence-electron chi connectivity index (χ1n) is 5.04. The van der Waals surface area contributed by atoms with Crippen LogP contribution in [-0.2, 0) is 4.84 Å². The van der Waals surface area contributed by atoms with Crippen molar-refractivity contribution in [2.45, 2.75) is 0 Å². The summed E-state index contributed by atoms with van der Waals surface area (Å²) in [5, 5.41) is 11.8.